The fourth-order valence-corrected chi connectivity index (χ4v) is 2.81. The summed E-state index contributed by atoms with van der Waals surface area (Å²) in [5, 5.41) is 0. The molecule has 0 aliphatic heterocycles. The number of benzene rings is 1. The van der Waals surface area contributed by atoms with Gasteiger partial charge in [-0.1, -0.05) is 25.3 Å². The molecule has 0 bridgehead atoms. The topological polar surface area (TPSA) is 20.3 Å². The number of nitrogens with zero attached hydrogens (tertiary/aromatic N) is 1. The Morgan fingerprint density at radius 3 is 2.32 bits per heavy atom. The van der Waals surface area contributed by atoms with Crippen LogP contribution in [0, 0.1) is 11.6 Å². The van der Waals surface area contributed by atoms with Crippen molar-refractivity contribution in [3.8, 4) is 0 Å². The molecule has 104 valence electrons. The van der Waals surface area contributed by atoms with Crippen LogP contribution < -0.4 is 0 Å². The summed E-state index contributed by atoms with van der Waals surface area (Å²) in [6.45, 7) is 2.34. The van der Waals surface area contributed by atoms with E-state index in [1.54, 1.807) is 4.90 Å². The van der Waals surface area contributed by atoms with Gasteiger partial charge in [-0.15, -0.1) is 0 Å². The Kier molecular flexibility index (Phi) is 4.51. The van der Waals surface area contributed by atoms with Gasteiger partial charge in [0, 0.05) is 12.6 Å². The average molecular weight is 267 g/mol. The maximum Gasteiger partial charge on any atom is 0.260 e. The Hall–Kier alpha value is -1.45. The molecule has 1 aromatic rings. The van der Waals surface area contributed by atoms with E-state index >= 15 is 0 Å². The van der Waals surface area contributed by atoms with Crippen LogP contribution in [0.15, 0.2) is 18.2 Å². The molecular weight excluding hydrogens is 248 g/mol. The number of carbonyl (C=O) groups is 1. The second-order valence-electron chi connectivity index (χ2n) is 4.98. The standard InChI is InChI=1S/C15H19F2NO/c1-2-18(11-7-4-3-5-8-11)15(19)14-12(16)9-6-10-13(14)17/h6,9-11H,2-5,7-8H2,1H3. The number of halogens is 2. The molecule has 1 aromatic carbocycles. The van der Waals surface area contributed by atoms with Crippen molar-refractivity contribution in [3.63, 3.8) is 0 Å². The third-order valence-electron chi connectivity index (χ3n) is 3.79. The summed E-state index contributed by atoms with van der Waals surface area (Å²) in [6, 6.07) is 3.65. The molecule has 0 N–H and O–H groups in total. The fourth-order valence-electron chi connectivity index (χ4n) is 2.81. The largest absolute Gasteiger partial charge is 0.336 e. The lowest BCUT2D eigenvalue weighted by Gasteiger charge is -2.33. The zero-order valence-corrected chi connectivity index (χ0v) is 11.2. The van der Waals surface area contributed by atoms with Crippen LogP contribution in [0.1, 0.15) is 49.4 Å². The highest BCUT2D eigenvalue weighted by Crippen LogP contribution is 2.25. The minimum absolute atomic E-state index is 0.116. The van der Waals surface area contributed by atoms with Crippen LogP contribution in [0.5, 0.6) is 0 Å². The van der Waals surface area contributed by atoms with Gasteiger partial charge in [0.25, 0.3) is 5.91 Å². The van der Waals surface area contributed by atoms with Gasteiger partial charge in [-0.25, -0.2) is 8.78 Å². The average Bonchev–Trinajstić information content (AvgIpc) is 2.40. The molecule has 1 saturated carbocycles. The van der Waals surface area contributed by atoms with Gasteiger partial charge in [0.2, 0.25) is 0 Å². The van der Waals surface area contributed by atoms with Crippen LogP contribution >= 0.6 is 0 Å². The van der Waals surface area contributed by atoms with Crippen molar-refractivity contribution in [2.45, 2.75) is 45.1 Å². The second-order valence-corrected chi connectivity index (χ2v) is 4.98. The quantitative estimate of drug-likeness (QED) is 0.816. The van der Waals surface area contributed by atoms with E-state index in [0.717, 1.165) is 37.8 Å². The predicted octanol–water partition coefficient (Wildman–Crippen LogP) is 3.76. The molecule has 0 heterocycles. The number of carbonyl (C=O) groups excluding carboxylic acids is 1. The highest BCUT2D eigenvalue weighted by molar-refractivity contribution is 5.95. The second kappa shape index (κ2) is 6.13. The SMILES string of the molecule is CCN(C(=O)c1c(F)cccc1F)C1CCCCC1. The molecule has 1 amide bonds. The Morgan fingerprint density at radius 2 is 1.79 bits per heavy atom. The van der Waals surface area contributed by atoms with Crippen molar-refractivity contribution in [1.29, 1.82) is 0 Å². The van der Waals surface area contributed by atoms with Gasteiger partial charge in [0.15, 0.2) is 0 Å². The van der Waals surface area contributed by atoms with Gasteiger partial charge in [0.05, 0.1) is 0 Å². The van der Waals surface area contributed by atoms with Gasteiger partial charge in [-0.2, -0.15) is 0 Å². The molecule has 2 nitrogen and oxygen atoms in total. The molecule has 1 aliphatic rings. The predicted molar refractivity (Wildman–Crippen MR) is 69.9 cm³/mol. The van der Waals surface area contributed by atoms with Crippen molar-refractivity contribution in [2.24, 2.45) is 0 Å². The minimum Gasteiger partial charge on any atom is -0.336 e. The Labute approximate surface area is 112 Å². The van der Waals surface area contributed by atoms with Crippen LogP contribution in [0.2, 0.25) is 0 Å². The van der Waals surface area contributed by atoms with Crippen LogP contribution in [-0.2, 0) is 0 Å². The summed E-state index contributed by atoms with van der Waals surface area (Å²) < 4.78 is 27.4. The lowest BCUT2D eigenvalue weighted by molar-refractivity contribution is 0.0638. The molecule has 1 fully saturated rings. The smallest absolute Gasteiger partial charge is 0.260 e. The summed E-state index contributed by atoms with van der Waals surface area (Å²) in [6.07, 6.45) is 5.18. The summed E-state index contributed by atoms with van der Waals surface area (Å²) in [7, 11) is 0. The maximum atomic E-state index is 13.7. The highest BCUT2D eigenvalue weighted by atomic mass is 19.1. The van der Waals surface area contributed by atoms with Crippen molar-refractivity contribution in [1.82, 2.24) is 4.90 Å². The van der Waals surface area contributed by atoms with E-state index in [4.69, 9.17) is 0 Å². The number of amides is 1. The lowest BCUT2D eigenvalue weighted by atomic mass is 9.93. The monoisotopic (exact) mass is 267 g/mol. The molecule has 0 aromatic heterocycles. The minimum atomic E-state index is -0.778. The molecular formula is C15H19F2NO. The molecule has 0 radical (unpaired) electrons. The van der Waals surface area contributed by atoms with E-state index in [1.807, 2.05) is 6.92 Å². The lowest BCUT2D eigenvalue weighted by Crippen LogP contribution is -2.42. The zero-order valence-electron chi connectivity index (χ0n) is 11.2. The van der Waals surface area contributed by atoms with Crippen LogP contribution in [0.4, 0.5) is 8.78 Å². The molecule has 0 spiro atoms. The summed E-state index contributed by atoms with van der Waals surface area (Å²) >= 11 is 0. The number of hydrogen-bond donors (Lipinski definition) is 0. The van der Waals surface area contributed by atoms with Gasteiger partial charge >= 0.3 is 0 Å². The Bertz CT molecular complexity index is 435. The van der Waals surface area contributed by atoms with E-state index in [9.17, 15) is 13.6 Å². The summed E-state index contributed by atoms with van der Waals surface area (Å²) in [5.74, 6) is -2.08. The Balaban J connectivity index is 2.25. The first-order valence-electron chi connectivity index (χ1n) is 6.90. The molecule has 0 saturated heterocycles. The number of rotatable bonds is 3. The highest BCUT2D eigenvalue weighted by Gasteiger charge is 2.28. The van der Waals surface area contributed by atoms with Crippen LogP contribution in [0.3, 0.4) is 0 Å². The van der Waals surface area contributed by atoms with Gasteiger partial charge in [-0.3, -0.25) is 4.79 Å². The van der Waals surface area contributed by atoms with E-state index in [0.29, 0.717) is 6.54 Å². The first kappa shape index (κ1) is 14.0. The van der Waals surface area contributed by atoms with E-state index in [-0.39, 0.29) is 6.04 Å². The molecule has 2 rings (SSSR count). The van der Waals surface area contributed by atoms with Crippen LogP contribution in [0.25, 0.3) is 0 Å². The van der Waals surface area contributed by atoms with Crippen molar-refractivity contribution < 1.29 is 13.6 Å². The van der Waals surface area contributed by atoms with Crippen molar-refractivity contribution in [2.75, 3.05) is 6.54 Å². The third-order valence-corrected chi connectivity index (χ3v) is 3.79. The maximum absolute atomic E-state index is 13.7. The Morgan fingerprint density at radius 1 is 1.21 bits per heavy atom. The summed E-state index contributed by atoms with van der Waals surface area (Å²) in [5.41, 5.74) is -0.421. The van der Waals surface area contributed by atoms with E-state index in [1.165, 1.54) is 12.5 Å². The van der Waals surface area contributed by atoms with Crippen LogP contribution in [-0.4, -0.2) is 23.4 Å². The fraction of sp³-hybridized carbons (Fsp3) is 0.533. The molecule has 1 aliphatic carbocycles. The first-order chi connectivity index (χ1) is 9.15. The zero-order chi connectivity index (χ0) is 13.8. The van der Waals surface area contributed by atoms with E-state index in [2.05, 4.69) is 0 Å². The van der Waals surface area contributed by atoms with E-state index < -0.39 is 23.1 Å². The van der Waals surface area contributed by atoms with Crippen molar-refractivity contribution in [3.05, 3.63) is 35.4 Å². The summed E-state index contributed by atoms with van der Waals surface area (Å²) in [4.78, 5) is 14.0. The molecule has 4 heteroatoms. The van der Waals surface area contributed by atoms with Gasteiger partial charge in [0.1, 0.15) is 17.2 Å². The molecule has 0 atom stereocenters. The third kappa shape index (κ3) is 2.94. The van der Waals surface area contributed by atoms with Gasteiger partial charge < -0.3 is 4.90 Å². The number of hydrogen-bond acceptors (Lipinski definition) is 1. The normalized spacial score (nSPS) is 16.4. The molecule has 19 heavy (non-hydrogen) atoms. The van der Waals surface area contributed by atoms with Gasteiger partial charge in [-0.05, 0) is 31.9 Å². The first-order valence-corrected chi connectivity index (χ1v) is 6.90. The molecule has 0 unspecified atom stereocenters. The van der Waals surface area contributed by atoms with Crippen molar-refractivity contribution >= 4 is 5.91 Å².